The van der Waals surface area contributed by atoms with Crippen molar-refractivity contribution < 1.29 is 19.0 Å². The Balaban J connectivity index is 1.83. The van der Waals surface area contributed by atoms with E-state index in [1.165, 1.54) is 11.8 Å². The molecule has 0 saturated heterocycles. The molecule has 0 aliphatic heterocycles. The van der Waals surface area contributed by atoms with Crippen LogP contribution >= 0.6 is 0 Å². The highest BCUT2D eigenvalue weighted by Gasteiger charge is 2.12. The molecule has 0 radical (unpaired) electrons. The number of rotatable bonds is 8. The summed E-state index contributed by atoms with van der Waals surface area (Å²) in [5, 5.41) is 3.86. The van der Waals surface area contributed by atoms with Crippen molar-refractivity contribution in [3.8, 4) is 11.5 Å². The summed E-state index contributed by atoms with van der Waals surface area (Å²) in [5.41, 5.74) is 4.42. The van der Waals surface area contributed by atoms with Gasteiger partial charge in [-0.05, 0) is 42.2 Å². The molecule has 0 aliphatic carbocycles. The van der Waals surface area contributed by atoms with Gasteiger partial charge in [-0.2, -0.15) is 5.10 Å². The average Bonchev–Trinajstić information content (AvgIpc) is 2.66. The minimum Gasteiger partial charge on any atom is -0.490 e. The average molecular weight is 384 g/mol. The molecule has 6 heteroatoms. The second kappa shape index (κ2) is 10.3. The van der Waals surface area contributed by atoms with Crippen molar-refractivity contribution in [3.05, 3.63) is 59.7 Å². The molecule has 1 amide bonds. The molecule has 2 aromatic rings. The van der Waals surface area contributed by atoms with Crippen LogP contribution in [0.2, 0.25) is 0 Å². The number of carbonyl (C=O) groups is 1. The fourth-order valence-corrected chi connectivity index (χ4v) is 2.40. The fourth-order valence-electron chi connectivity index (χ4n) is 2.40. The van der Waals surface area contributed by atoms with Crippen LogP contribution in [0.3, 0.4) is 0 Å². The lowest BCUT2D eigenvalue weighted by molar-refractivity contribution is 0.152. The van der Waals surface area contributed by atoms with E-state index < -0.39 is 6.09 Å². The molecule has 6 nitrogen and oxygen atoms in total. The van der Waals surface area contributed by atoms with Crippen LogP contribution in [0.1, 0.15) is 38.8 Å². The number of hydrogen-bond donors (Lipinski definition) is 1. The van der Waals surface area contributed by atoms with Gasteiger partial charge in [-0.3, -0.25) is 0 Å². The van der Waals surface area contributed by atoms with E-state index in [0.29, 0.717) is 25.6 Å². The van der Waals surface area contributed by atoms with Gasteiger partial charge in [0.1, 0.15) is 24.7 Å². The van der Waals surface area contributed by atoms with E-state index in [2.05, 4.69) is 43.4 Å². The summed E-state index contributed by atoms with van der Waals surface area (Å²) in [5.74, 6) is 1.47. The third-order valence-electron chi connectivity index (χ3n) is 3.88. The Hall–Kier alpha value is -3.02. The summed E-state index contributed by atoms with van der Waals surface area (Å²) in [7, 11) is 0. The Labute approximate surface area is 166 Å². The second-order valence-electron chi connectivity index (χ2n) is 7.10. The summed E-state index contributed by atoms with van der Waals surface area (Å²) < 4.78 is 16.3. The molecule has 150 valence electrons. The first-order chi connectivity index (χ1) is 13.4. The van der Waals surface area contributed by atoms with Gasteiger partial charge in [0, 0.05) is 5.56 Å². The number of hydrogen-bond acceptors (Lipinski definition) is 5. The van der Waals surface area contributed by atoms with E-state index in [4.69, 9.17) is 14.2 Å². The number of hydrazone groups is 1. The van der Waals surface area contributed by atoms with Gasteiger partial charge >= 0.3 is 6.09 Å². The number of amides is 1. The van der Waals surface area contributed by atoms with Gasteiger partial charge in [0.15, 0.2) is 0 Å². The van der Waals surface area contributed by atoms with Gasteiger partial charge in [0.25, 0.3) is 0 Å². The third-order valence-corrected chi connectivity index (χ3v) is 3.88. The molecule has 0 saturated carbocycles. The van der Waals surface area contributed by atoms with Crippen molar-refractivity contribution >= 4 is 12.3 Å². The first-order valence-electron chi connectivity index (χ1n) is 9.31. The van der Waals surface area contributed by atoms with Crippen LogP contribution in [0.5, 0.6) is 11.5 Å². The standard InChI is InChI=1S/C22H28N2O4/c1-5-26-21(25)24-23-16-17-8-6-7-9-20(17)28-15-14-27-19-12-10-18(11-13-19)22(2,3)4/h6-13,16H,5,14-15H2,1-4H3,(H,24,25)/b23-16-. The van der Waals surface area contributed by atoms with E-state index in [0.717, 1.165) is 11.3 Å². The van der Waals surface area contributed by atoms with E-state index in [-0.39, 0.29) is 5.41 Å². The molecule has 0 heterocycles. The molecule has 0 fully saturated rings. The van der Waals surface area contributed by atoms with Gasteiger partial charge in [-0.1, -0.05) is 45.0 Å². The van der Waals surface area contributed by atoms with Crippen molar-refractivity contribution in [2.24, 2.45) is 5.10 Å². The molecular weight excluding hydrogens is 356 g/mol. The smallest absolute Gasteiger partial charge is 0.427 e. The van der Waals surface area contributed by atoms with Crippen molar-refractivity contribution in [2.75, 3.05) is 19.8 Å². The maximum Gasteiger partial charge on any atom is 0.427 e. The molecule has 0 bridgehead atoms. The number of benzene rings is 2. The molecule has 0 aromatic heterocycles. The van der Waals surface area contributed by atoms with E-state index >= 15 is 0 Å². The minimum atomic E-state index is -0.594. The Kier molecular flexibility index (Phi) is 7.87. The molecular formula is C22H28N2O4. The second-order valence-corrected chi connectivity index (χ2v) is 7.10. The SMILES string of the molecule is CCOC(=O)N/N=C\c1ccccc1OCCOc1ccc(C(C)(C)C)cc1. The molecule has 2 rings (SSSR count). The lowest BCUT2D eigenvalue weighted by Crippen LogP contribution is -2.18. The summed E-state index contributed by atoms with van der Waals surface area (Å²) in [6, 6.07) is 15.5. The van der Waals surface area contributed by atoms with Crippen LogP contribution in [0.15, 0.2) is 53.6 Å². The van der Waals surface area contributed by atoms with Gasteiger partial charge in [-0.15, -0.1) is 0 Å². The summed E-state index contributed by atoms with van der Waals surface area (Å²) in [6.07, 6.45) is 0.918. The van der Waals surface area contributed by atoms with Crippen LogP contribution < -0.4 is 14.9 Å². The zero-order chi connectivity index (χ0) is 20.4. The number of nitrogens with zero attached hydrogens (tertiary/aromatic N) is 1. The van der Waals surface area contributed by atoms with E-state index in [1.54, 1.807) is 6.92 Å². The molecule has 2 aromatic carbocycles. The fraction of sp³-hybridized carbons (Fsp3) is 0.364. The third kappa shape index (κ3) is 6.95. The zero-order valence-electron chi connectivity index (χ0n) is 16.9. The van der Waals surface area contributed by atoms with Crippen LogP contribution in [-0.2, 0) is 10.2 Å². The van der Waals surface area contributed by atoms with Crippen molar-refractivity contribution in [1.29, 1.82) is 0 Å². The minimum absolute atomic E-state index is 0.120. The van der Waals surface area contributed by atoms with Gasteiger partial charge in [-0.25, -0.2) is 10.2 Å². The molecule has 0 spiro atoms. The predicted octanol–water partition coefficient (Wildman–Crippen LogP) is 4.52. The molecule has 1 N–H and O–H groups in total. The van der Waals surface area contributed by atoms with Gasteiger partial charge in [0.2, 0.25) is 0 Å². The summed E-state index contributed by atoms with van der Waals surface area (Å²) in [4.78, 5) is 11.2. The topological polar surface area (TPSA) is 69.2 Å². The Bertz CT molecular complexity index is 780. The number of ether oxygens (including phenoxy) is 3. The van der Waals surface area contributed by atoms with Crippen molar-refractivity contribution in [2.45, 2.75) is 33.1 Å². The highest BCUT2D eigenvalue weighted by atomic mass is 16.6. The Morgan fingerprint density at radius 2 is 1.71 bits per heavy atom. The summed E-state index contributed by atoms with van der Waals surface area (Å²) in [6.45, 7) is 9.37. The first-order valence-corrected chi connectivity index (χ1v) is 9.31. The maximum absolute atomic E-state index is 11.2. The molecule has 0 unspecified atom stereocenters. The normalized spacial score (nSPS) is 11.3. The Morgan fingerprint density at radius 3 is 2.39 bits per heavy atom. The summed E-state index contributed by atoms with van der Waals surface area (Å²) >= 11 is 0. The van der Waals surface area contributed by atoms with Crippen LogP contribution in [0.4, 0.5) is 4.79 Å². The lowest BCUT2D eigenvalue weighted by Gasteiger charge is -2.19. The largest absolute Gasteiger partial charge is 0.490 e. The monoisotopic (exact) mass is 384 g/mol. The van der Waals surface area contributed by atoms with Gasteiger partial charge in [0.05, 0.1) is 12.8 Å². The highest BCUT2D eigenvalue weighted by Crippen LogP contribution is 2.24. The zero-order valence-corrected chi connectivity index (χ0v) is 16.9. The van der Waals surface area contributed by atoms with Crippen LogP contribution in [0.25, 0.3) is 0 Å². The van der Waals surface area contributed by atoms with Crippen LogP contribution in [0, 0.1) is 0 Å². The molecule has 0 aliphatic rings. The quantitative estimate of drug-likeness (QED) is 0.413. The predicted molar refractivity (Wildman–Crippen MR) is 110 cm³/mol. The maximum atomic E-state index is 11.2. The molecule has 28 heavy (non-hydrogen) atoms. The molecule has 0 atom stereocenters. The number of para-hydroxylation sites is 1. The van der Waals surface area contributed by atoms with E-state index in [9.17, 15) is 4.79 Å². The lowest BCUT2D eigenvalue weighted by atomic mass is 9.87. The number of nitrogens with one attached hydrogen (secondary N) is 1. The van der Waals surface area contributed by atoms with Crippen molar-refractivity contribution in [3.63, 3.8) is 0 Å². The first kappa shape index (κ1) is 21.3. The Morgan fingerprint density at radius 1 is 1.04 bits per heavy atom. The van der Waals surface area contributed by atoms with E-state index in [1.807, 2.05) is 36.4 Å². The highest BCUT2D eigenvalue weighted by molar-refractivity contribution is 5.84. The van der Waals surface area contributed by atoms with Gasteiger partial charge < -0.3 is 14.2 Å². The van der Waals surface area contributed by atoms with Crippen molar-refractivity contribution in [1.82, 2.24) is 5.43 Å². The number of carbonyl (C=O) groups excluding carboxylic acids is 1. The van der Waals surface area contributed by atoms with Crippen LogP contribution in [-0.4, -0.2) is 32.1 Å².